The molecular weight excluding hydrogens is 330 g/mol. The largest absolute Gasteiger partial charge is 0.377 e. The minimum absolute atomic E-state index is 0.224. The minimum atomic E-state index is 0.224. The first-order chi connectivity index (χ1) is 8.70. The van der Waals surface area contributed by atoms with Crippen molar-refractivity contribution in [2.75, 3.05) is 12.4 Å². The molecule has 2 N–H and O–H groups in total. The summed E-state index contributed by atoms with van der Waals surface area (Å²) in [7, 11) is 0. The quantitative estimate of drug-likeness (QED) is 0.835. The maximum atomic E-state index is 6.27. The van der Waals surface area contributed by atoms with Gasteiger partial charge in [-0.1, -0.05) is 6.92 Å². The minimum Gasteiger partial charge on any atom is -0.377 e. The van der Waals surface area contributed by atoms with Gasteiger partial charge in [-0.25, -0.2) is 0 Å². The van der Waals surface area contributed by atoms with Crippen LogP contribution in [0.2, 0.25) is 0 Å². The number of ether oxygens (including phenoxy) is 1. The lowest BCUT2D eigenvalue weighted by Gasteiger charge is -2.22. The molecule has 3 unspecified atom stereocenters. The molecule has 3 atom stereocenters. The fourth-order valence-electron chi connectivity index (χ4n) is 2.10. The molecule has 2 rings (SSSR count). The van der Waals surface area contributed by atoms with Gasteiger partial charge < -0.3 is 10.5 Å². The lowest BCUT2D eigenvalue weighted by Crippen LogP contribution is -2.26. The first-order valence-electron chi connectivity index (χ1n) is 6.43. The summed E-state index contributed by atoms with van der Waals surface area (Å²) in [6, 6.07) is 2.43. The smallest absolute Gasteiger partial charge is 0.0666 e. The van der Waals surface area contributed by atoms with Gasteiger partial charge in [0.2, 0.25) is 0 Å². The lowest BCUT2D eigenvalue weighted by atomic mass is 10.1. The van der Waals surface area contributed by atoms with E-state index in [2.05, 4.69) is 34.3 Å². The van der Waals surface area contributed by atoms with Crippen LogP contribution in [0, 0.1) is 0 Å². The second kappa shape index (κ2) is 7.29. The van der Waals surface area contributed by atoms with E-state index in [1.807, 2.05) is 11.8 Å². The van der Waals surface area contributed by atoms with Crippen LogP contribution >= 0.6 is 39.0 Å². The molecule has 5 heteroatoms. The van der Waals surface area contributed by atoms with Crippen LogP contribution in [0.15, 0.2) is 15.9 Å². The molecular formula is C13H20BrNOS2. The zero-order valence-electron chi connectivity index (χ0n) is 10.6. The van der Waals surface area contributed by atoms with Crippen molar-refractivity contribution in [3.05, 3.63) is 20.8 Å². The van der Waals surface area contributed by atoms with Gasteiger partial charge in [-0.15, -0.1) is 23.1 Å². The summed E-state index contributed by atoms with van der Waals surface area (Å²) in [6.45, 7) is 3.09. The highest BCUT2D eigenvalue weighted by Gasteiger charge is 2.24. The Morgan fingerprint density at radius 2 is 2.50 bits per heavy atom. The van der Waals surface area contributed by atoms with Crippen LogP contribution in [-0.4, -0.2) is 24.5 Å². The standard InChI is InChI=1S/C13H20BrNOS2/c1-2-11(15)13(12-6-9(14)7-17-12)18-8-10-4-3-5-16-10/h6-7,10-11,13H,2-5,8,15H2,1H3. The molecule has 1 saturated heterocycles. The molecule has 0 aliphatic carbocycles. The van der Waals surface area contributed by atoms with Gasteiger partial charge >= 0.3 is 0 Å². The second-order valence-corrected chi connectivity index (χ2v) is 7.66. The molecule has 0 amide bonds. The van der Waals surface area contributed by atoms with Gasteiger partial charge in [0.15, 0.2) is 0 Å². The molecule has 1 aromatic rings. The highest BCUT2D eigenvalue weighted by molar-refractivity contribution is 9.10. The number of thiophene rings is 1. The third-order valence-electron chi connectivity index (χ3n) is 3.21. The van der Waals surface area contributed by atoms with E-state index >= 15 is 0 Å². The SMILES string of the molecule is CCC(N)C(SCC1CCCO1)c1cc(Br)cs1. The highest BCUT2D eigenvalue weighted by atomic mass is 79.9. The summed E-state index contributed by atoms with van der Waals surface area (Å²) in [5, 5.41) is 2.53. The summed E-state index contributed by atoms with van der Waals surface area (Å²) in [5.41, 5.74) is 6.27. The van der Waals surface area contributed by atoms with E-state index in [0.29, 0.717) is 11.4 Å². The van der Waals surface area contributed by atoms with Crippen LogP contribution in [0.5, 0.6) is 0 Å². The molecule has 0 saturated carbocycles. The van der Waals surface area contributed by atoms with Crippen molar-refractivity contribution in [2.24, 2.45) is 5.73 Å². The van der Waals surface area contributed by atoms with Crippen molar-refractivity contribution in [3.8, 4) is 0 Å². The molecule has 0 bridgehead atoms. The first-order valence-corrected chi connectivity index (χ1v) is 9.15. The molecule has 2 nitrogen and oxygen atoms in total. The average molecular weight is 350 g/mol. The van der Waals surface area contributed by atoms with Crippen molar-refractivity contribution in [3.63, 3.8) is 0 Å². The lowest BCUT2D eigenvalue weighted by molar-refractivity contribution is 0.128. The van der Waals surface area contributed by atoms with Gasteiger partial charge in [0.05, 0.1) is 11.4 Å². The predicted molar refractivity (Wildman–Crippen MR) is 84.5 cm³/mol. The molecule has 1 aliphatic rings. The Morgan fingerprint density at radius 1 is 1.67 bits per heavy atom. The van der Waals surface area contributed by atoms with Crippen LogP contribution in [0.4, 0.5) is 0 Å². The van der Waals surface area contributed by atoms with E-state index in [-0.39, 0.29) is 6.04 Å². The van der Waals surface area contributed by atoms with E-state index in [1.165, 1.54) is 17.7 Å². The number of halogens is 1. The van der Waals surface area contributed by atoms with Gasteiger partial charge in [-0.05, 0) is 41.3 Å². The Kier molecular flexibility index (Phi) is 6.01. The summed E-state index contributed by atoms with van der Waals surface area (Å²) >= 11 is 7.28. The summed E-state index contributed by atoms with van der Waals surface area (Å²) < 4.78 is 6.85. The van der Waals surface area contributed by atoms with Crippen LogP contribution in [0.25, 0.3) is 0 Å². The number of hydrogen-bond donors (Lipinski definition) is 1. The number of rotatable bonds is 6. The maximum Gasteiger partial charge on any atom is 0.0666 e. The van der Waals surface area contributed by atoms with Crippen molar-refractivity contribution < 1.29 is 4.74 Å². The zero-order valence-corrected chi connectivity index (χ0v) is 13.8. The Bertz CT molecular complexity index is 366. The molecule has 0 radical (unpaired) electrons. The zero-order chi connectivity index (χ0) is 13.0. The predicted octanol–water partition coefficient (Wildman–Crippen LogP) is 4.20. The van der Waals surface area contributed by atoms with Crippen LogP contribution < -0.4 is 5.73 Å². The molecule has 1 aromatic heterocycles. The number of thioether (sulfide) groups is 1. The third-order valence-corrected chi connectivity index (χ3v) is 6.67. The van der Waals surface area contributed by atoms with Crippen LogP contribution in [0.3, 0.4) is 0 Å². The van der Waals surface area contributed by atoms with Gasteiger partial charge in [-0.2, -0.15) is 0 Å². The molecule has 0 spiro atoms. The van der Waals surface area contributed by atoms with E-state index in [1.54, 1.807) is 11.3 Å². The fourth-order valence-corrected chi connectivity index (χ4v) is 5.32. The summed E-state index contributed by atoms with van der Waals surface area (Å²) in [6.07, 6.45) is 3.86. The van der Waals surface area contributed by atoms with E-state index in [9.17, 15) is 0 Å². The molecule has 102 valence electrons. The Labute approximate surface area is 126 Å². The van der Waals surface area contributed by atoms with Gasteiger partial charge in [0.25, 0.3) is 0 Å². The van der Waals surface area contributed by atoms with Crippen molar-refractivity contribution in [1.82, 2.24) is 0 Å². The maximum absolute atomic E-state index is 6.27. The topological polar surface area (TPSA) is 35.2 Å². The molecule has 2 heterocycles. The van der Waals surface area contributed by atoms with E-state index in [0.717, 1.165) is 23.3 Å². The van der Waals surface area contributed by atoms with Gasteiger partial charge in [-0.3, -0.25) is 0 Å². The monoisotopic (exact) mass is 349 g/mol. The van der Waals surface area contributed by atoms with Gasteiger partial charge in [0.1, 0.15) is 0 Å². The molecule has 0 aromatic carbocycles. The van der Waals surface area contributed by atoms with Gasteiger partial charge in [0, 0.05) is 33.1 Å². The molecule has 18 heavy (non-hydrogen) atoms. The fraction of sp³-hybridized carbons (Fsp3) is 0.692. The van der Waals surface area contributed by atoms with Crippen molar-refractivity contribution in [2.45, 2.75) is 43.6 Å². The normalized spacial score (nSPS) is 23.2. The third kappa shape index (κ3) is 3.97. The first kappa shape index (κ1) is 14.9. The van der Waals surface area contributed by atoms with Crippen molar-refractivity contribution in [1.29, 1.82) is 0 Å². The Balaban J connectivity index is 1.96. The number of hydrogen-bond acceptors (Lipinski definition) is 4. The Morgan fingerprint density at radius 3 is 3.06 bits per heavy atom. The molecule has 1 fully saturated rings. The summed E-state index contributed by atoms with van der Waals surface area (Å²) in [4.78, 5) is 1.37. The van der Waals surface area contributed by atoms with E-state index < -0.39 is 0 Å². The highest BCUT2D eigenvalue weighted by Crippen LogP contribution is 2.38. The Hall–Kier alpha value is 0.450. The van der Waals surface area contributed by atoms with Crippen LogP contribution in [0.1, 0.15) is 36.3 Å². The van der Waals surface area contributed by atoms with E-state index in [4.69, 9.17) is 10.5 Å². The second-order valence-electron chi connectivity index (χ2n) is 4.63. The van der Waals surface area contributed by atoms with Crippen molar-refractivity contribution >= 4 is 39.0 Å². The molecule has 1 aliphatic heterocycles. The number of nitrogens with two attached hydrogens (primary N) is 1. The van der Waals surface area contributed by atoms with Crippen LogP contribution in [-0.2, 0) is 4.74 Å². The summed E-state index contributed by atoms with van der Waals surface area (Å²) in [5.74, 6) is 1.06. The average Bonchev–Trinajstić information content (AvgIpc) is 3.01.